The van der Waals surface area contributed by atoms with Gasteiger partial charge in [-0.05, 0) is 25.5 Å². The number of halogens is 1. The lowest BCUT2D eigenvalue weighted by Gasteiger charge is -2.19. The Hall–Kier alpha value is -2.32. The molecular formula is C15H16FN5O2. The molecule has 2 atom stereocenters. The predicted octanol–water partition coefficient (Wildman–Crippen LogP) is 1.70. The van der Waals surface area contributed by atoms with Gasteiger partial charge in [0, 0.05) is 6.54 Å². The number of fused-ring (bicyclic) bond motifs is 1. The van der Waals surface area contributed by atoms with E-state index in [2.05, 4.69) is 20.1 Å². The zero-order valence-electron chi connectivity index (χ0n) is 12.5. The molecule has 1 fully saturated rings. The number of aromatic amines is 1. The Kier molecular flexibility index (Phi) is 3.35. The number of aliphatic hydroxyl groups is 1. The molecule has 0 amide bonds. The number of hydrogen-bond acceptors (Lipinski definition) is 6. The zero-order valence-corrected chi connectivity index (χ0v) is 12.5. The molecule has 1 aliphatic rings. The number of hydrogen-bond donors (Lipinski definition) is 2. The van der Waals surface area contributed by atoms with Gasteiger partial charge in [0.1, 0.15) is 11.3 Å². The van der Waals surface area contributed by atoms with Crippen LogP contribution in [0.15, 0.2) is 22.7 Å². The van der Waals surface area contributed by atoms with E-state index in [1.807, 2.05) is 4.90 Å². The summed E-state index contributed by atoms with van der Waals surface area (Å²) in [5.41, 5.74) is 0.984. The topological polar surface area (TPSA) is 91.1 Å². The summed E-state index contributed by atoms with van der Waals surface area (Å²) >= 11 is 0. The van der Waals surface area contributed by atoms with Gasteiger partial charge in [0.25, 0.3) is 0 Å². The van der Waals surface area contributed by atoms with Crippen LogP contribution in [0.2, 0.25) is 0 Å². The molecule has 2 aromatic heterocycles. The molecule has 7 nitrogen and oxygen atoms in total. The Balaban J connectivity index is 1.61. The molecule has 3 aromatic rings. The van der Waals surface area contributed by atoms with Crippen LogP contribution in [0, 0.1) is 12.7 Å². The summed E-state index contributed by atoms with van der Waals surface area (Å²) in [6.07, 6.45) is 0.0595. The van der Waals surface area contributed by atoms with E-state index in [4.69, 9.17) is 4.52 Å². The standard InChI is InChI=1S/C15H16FN5O2/c1-8-17-15(23-20-8)12-5-9(22)6-21(12)7-13-18-11-4-2-3-10(16)14(11)19-13/h2-4,9,12,22H,5-7H2,1H3,(H,18,19)/t9-,12+/m0/s1. The van der Waals surface area contributed by atoms with Crippen LogP contribution in [0.1, 0.15) is 30.0 Å². The van der Waals surface area contributed by atoms with E-state index < -0.39 is 6.10 Å². The van der Waals surface area contributed by atoms with Crippen molar-refractivity contribution in [3.8, 4) is 0 Å². The number of likely N-dealkylation sites (tertiary alicyclic amines) is 1. The van der Waals surface area contributed by atoms with Crippen molar-refractivity contribution in [3.63, 3.8) is 0 Å². The van der Waals surface area contributed by atoms with Crippen LogP contribution in [0.5, 0.6) is 0 Å². The quantitative estimate of drug-likeness (QED) is 0.764. The van der Waals surface area contributed by atoms with Crippen LogP contribution in [-0.4, -0.2) is 42.8 Å². The minimum Gasteiger partial charge on any atom is -0.392 e. The highest BCUT2D eigenvalue weighted by molar-refractivity contribution is 5.75. The molecular weight excluding hydrogens is 301 g/mol. The van der Waals surface area contributed by atoms with Crippen molar-refractivity contribution in [2.45, 2.75) is 32.0 Å². The van der Waals surface area contributed by atoms with Crippen LogP contribution in [0.4, 0.5) is 4.39 Å². The summed E-state index contributed by atoms with van der Waals surface area (Å²) in [6, 6.07) is 4.65. The lowest BCUT2D eigenvalue weighted by atomic mass is 10.2. The van der Waals surface area contributed by atoms with Crippen molar-refractivity contribution in [2.24, 2.45) is 0 Å². The summed E-state index contributed by atoms with van der Waals surface area (Å²) < 4.78 is 19.0. The summed E-state index contributed by atoms with van der Waals surface area (Å²) in [7, 11) is 0. The maximum Gasteiger partial charge on any atom is 0.244 e. The Morgan fingerprint density at radius 2 is 2.30 bits per heavy atom. The summed E-state index contributed by atoms with van der Waals surface area (Å²) in [6.45, 7) is 2.67. The number of para-hydroxylation sites is 1. The molecule has 0 radical (unpaired) electrons. The highest BCUT2D eigenvalue weighted by Crippen LogP contribution is 2.32. The maximum absolute atomic E-state index is 13.8. The fourth-order valence-electron chi connectivity index (χ4n) is 3.07. The molecule has 1 saturated heterocycles. The minimum absolute atomic E-state index is 0.163. The van der Waals surface area contributed by atoms with Gasteiger partial charge in [-0.1, -0.05) is 11.2 Å². The first-order chi connectivity index (χ1) is 11.1. The molecule has 0 unspecified atom stereocenters. The highest BCUT2D eigenvalue weighted by atomic mass is 19.1. The third kappa shape index (κ3) is 2.60. The van der Waals surface area contributed by atoms with Crippen molar-refractivity contribution in [3.05, 3.63) is 41.6 Å². The second-order valence-corrected chi connectivity index (χ2v) is 5.83. The number of nitrogens with one attached hydrogen (secondary N) is 1. The normalized spacial score (nSPS) is 22.2. The molecule has 3 heterocycles. The predicted molar refractivity (Wildman–Crippen MR) is 78.9 cm³/mol. The third-order valence-electron chi connectivity index (χ3n) is 4.08. The average molecular weight is 317 g/mol. The van der Waals surface area contributed by atoms with Gasteiger partial charge in [-0.2, -0.15) is 4.98 Å². The first kappa shape index (κ1) is 14.3. The average Bonchev–Trinajstić information content (AvgIpc) is 3.19. The number of imidazole rings is 1. The van der Waals surface area contributed by atoms with Gasteiger partial charge in [0.15, 0.2) is 11.6 Å². The number of benzene rings is 1. The van der Waals surface area contributed by atoms with E-state index in [0.29, 0.717) is 48.1 Å². The lowest BCUT2D eigenvalue weighted by molar-refractivity contribution is 0.167. The summed E-state index contributed by atoms with van der Waals surface area (Å²) in [4.78, 5) is 13.7. The maximum atomic E-state index is 13.8. The van der Waals surface area contributed by atoms with E-state index in [0.717, 1.165) is 0 Å². The van der Waals surface area contributed by atoms with Crippen molar-refractivity contribution in [1.82, 2.24) is 25.0 Å². The third-order valence-corrected chi connectivity index (χ3v) is 4.08. The molecule has 8 heteroatoms. The van der Waals surface area contributed by atoms with Crippen molar-refractivity contribution in [1.29, 1.82) is 0 Å². The molecule has 2 N–H and O–H groups in total. The second kappa shape index (κ2) is 5.39. The first-order valence-corrected chi connectivity index (χ1v) is 7.45. The van der Waals surface area contributed by atoms with Crippen molar-refractivity contribution in [2.75, 3.05) is 6.54 Å². The number of nitrogens with zero attached hydrogens (tertiary/aromatic N) is 4. The molecule has 23 heavy (non-hydrogen) atoms. The van der Waals surface area contributed by atoms with Gasteiger partial charge < -0.3 is 14.6 Å². The Morgan fingerprint density at radius 1 is 1.43 bits per heavy atom. The Bertz CT molecular complexity index is 845. The fraction of sp³-hybridized carbons (Fsp3) is 0.400. The van der Waals surface area contributed by atoms with Crippen LogP contribution in [0.25, 0.3) is 11.0 Å². The van der Waals surface area contributed by atoms with Crippen LogP contribution < -0.4 is 0 Å². The van der Waals surface area contributed by atoms with Crippen LogP contribution in [0.3, 0.4) is 0 Å². The van der Waals surface area contributed by atoms with E-state index in [1.165, 1.54) is 6.07 Å². The van der Waals surface area contributed by atoms with Crippen LogP contribution >= 0.6 is 0 Å². The van der Waals surface area contributed by atoms with Gasteiger partial charge in [0.2, 0.25) is 5.89 Å². The molecule has 1 aromatic carbocycles. The SMILES string of the molecule is Cc1noc([C@H]2C[C@H](O)CN2Cc2nc3c(F)cccc3[nH]2)n1. The molecule has 0 spiro atoms. The fourth-order valence-corrected chi connectivity index (χ4v) is 3.07. The number of aryl methyl sites for hydroxylation is 1. The van der Waals surface area contributed by atoms with Gasteiger partial charge in [0.05, 0.1) is 24.2 Å². The number of H-pyrrole nitrogens is 1. The summed E-state index contributed by atoms with van der Waals surface area (Å²) in [5.74, 6) is 1.34. The Labute approximate surface area is 131 Å². The molecule has 4 rings (SSSR count). The number of rotatable bonds is 3. The number of aromatic nitrogens is 4. The smallest absolute Gasteiger partial charge is 0.244 e. The van der Waals surface area contributed by atoms with E-state index >= 15 is 0 Å². The Morgan fingerprint density at radius 3 is 3.04 bits per heavy atom. The molecule has 1 aliphatic heterocycles. The molecule has 0 bridgehead atoms. The van der Waals surface area contributed by atoms with E-state index in [-0.39, 0.29) is 11.9 Å². The monoisotopic (exact) mass is 317 g/mol. The zero-order chi connectivity index (χ0) is 16.0. The molecule has 120 valence electrons. The molecule has 0 aliphatic carbocycles. The van der Waals surface area contributed by atoms with Gasteiger partial charge in [-0.25, -0.2) is 9.37 Å². The van der Waals surface area contributed by atoms with E-state index in [9.17, 15) is 9.50 Å². The lowest BCUT2D eigenvalue weighted by Crippen LogP contribution is -2.25. The van der Waals surface area contributed by atoms with Crippen LogP contribution in [-0.2, 0) is 6.54 Å². The minimum atomic E-state index is -0.465. The number of β-amino-alcohol motifs (C(OH)–C–C–N with tert-alkyl or cyclic N) is 1. The summed E-state index contributed by atoms with van der Waals surface area (Å²) in [5, 5.41) is 13.8. The highest BCUT2D eigenvalue weighted by Gasteiger charge is 2.36. The largest absolute Gasteiger partial charge is 0.392 e. The van der Waals surface area contributed by atoms with Crippen molar-refractivity contribution < 1.29 is 14.0 Å². The van der Waals surface area contributed by atoms with E-state index in [1.54, 1.807) is 19.1 Å². The van der Waals surface area contributed by atoms with Gasteiger partial charge in [-0.15, -0.1) is 0 Å². The second-order valence-electron chi connectivity index (χ2n) is 5.83. The number of aliphatic hydroxyl groups excluding tert-OH is 1. The first-order valence-electron chi connectivity index (χ1n) is 7.45. The van der Waals surface area contributed by atoms with Gasteiger partial charge in [-0.3, -0.25) is 4.90 Å². The van der Waals surface area contributed by atoms with Gasteiger partial charge >= 0.3 is 0 Å². The molecule has 0 saturated carbocycles. The van der Waals surface area contributed by atoms with Crippen molar-refractivity contribution >= 4 is 11.0 Å².